The van der Waals surface area contributed by atoms with E-state index >= 15 is 0 Å². The van der Waals surface area contributed by atoms with Crippen LogP contribution in [0.1, 0.15) is 16.7 Å². The number of ether oxygens (including phenoxy) is 3. The minimum atomic E-state index is -0.740. The van der Waals surface area contributed by atoms with Crippen molar-refractivity contribution in [2.45, 2.75) is 13.2 Å². The van der Waals surface area contributed by atoms with Crippen molar-refractivity contribution in [3.63, 3.8) is 0 Å². The van der Waals surface area contributed by atoms with E-state index in [1.54, 1.807) is 18.2 Å². The minimum Gasteiger partial charge on any atom is -0.489 e. The molecule has 0 N–H and O–H groups in total. The Morgan fingerprint density at radius 3 is 2.13 bits per heavy atom. The highest BCUT2D eigenvalue weighted by atomic mass is 16.5. The summed E-state index contributed by atoms with van der Waals surface area (Å²) in [5.41, 5.74) is 11.2. The first-order valence-electron chi connectivity index (χ1n) is 9.52. The van der Waals surface area contributed by atoms with Gasteiger partial charge < -0.3 is 14.2 Å². The van der Waals surface area contributed by atoms with Gasteiger partial charge in [0.15, 0.2) is 0 Å². The average Bonchev–Trinajstić information content (AvgIpc) is 2.82. The monoisotopic (exact) mass is 415 g/mol. The lowest BCUT2D eigenvalue weighted by molar-refractivity contribution is -0.136. The van der Waals surface area contributed by atoms with Crippen molar-refractivity contribution in [2.24, 2.45) is 5.11 Å². The average molecular weight is 415 g/mol. The summed E-state index contributed by atoms with van der Waals surface area (Å²) in [6.07, 6.45) is 1.42. The molecule has 7 nitrogen and oxygen atoms in total. The summed E-state index contributed by atoms with van der Waals surface area (Å²) in [6, 6.07) is 24.7. The lowest BCUT2D eigenvalue weighted by Gasteiger charge is -2.13. The van der Waals surface area contributed by atoms with E-state index in [0.29, 0.717) is 30.3 Å². The number of hydrogen-bond donors (Lipinski definition) is 0. The molecule has 0 aromatic heterocycles. The molecule has 0 radical (unpaired) electrons. The normalized spacial score (nSPS) is 10.7. The van der Waals surface area contributed by atoms with Crippen molar-refractivity contribution in [1.29, 1.82) is 0 Å². The van der Waals surface area contributed by atoms with E-state index in [9.17, 15) is 4.79 Å². The van der Waals surface area contributed by atoms with Crippen LogP contribution in [-0.4, -0.2) is 13.1 Å². The Morgan fingerprint density at radius 2 is 1.55 bits per heavy atom. The zero-order valence-electron chi connectivity index (χ0n) is 17.0. The molecule has 0 aliphatic carbocycles. The number of carbonyl (C=O) groups is 1. The zero-order chi connectivity index (χ0) is 21.9. The molecule has 0 fully saturated rings. The van der Waals surface area contributed by atoms with Crippen LogP contribution in [0.3, 0.4) is 0 Å². The van der Waals surface area contributed by atoms with Gasteiger partial charge in [0.05, 0.1) is 7.11 Å². The molecule has 7 heteroatoms. The molecule has 0 saturated carbocycles. The molecule has 0 unspecified atom stereocenters. The van der Waals surface area contributed by atoms with Crippen LogP contribution >= 0.6 is 0 Å². The van der Waals surface area contributed by atoms with Crippen LogP contribution < -0.4 is 9.47 Å². The van der Waals surface area contributed by atoms with Gasteiger partial charge in [-0.1, -0.05) is 65.8 Å². The van der Waals surface area contributed by atoms with Crippen molar-refractivity contribution in [1.82, 2.24) is 0 Å². The molecule has 0 aliphatic rings. The van der Waals surface area contributed by atoms with Crippen LogP contribution in [0.4, 0.5) is 0 Å². The highest BCUT2D eigenvalue weighted by molar-refractivity contribution is 5.93. The smallest absolute Gasteiger partial charge is 0.340 e. The van der Waals surface area contributed by atoms with Crippen molar-refractivity contribution >= 4 is 12.0 Å². The second-order valence-corrected chi connectivity index (χ2v) is 6.46. The van der Waals surface area contributed by atoms with Gasteiger partial charge in [-0.25, -0.2) is 4.79 Å². The number of carbonyl (C=O) groups excluding carboxylic acids is 1. The van der Waals surface area contributed by atoms with Gasteiger partial charge in [0.25, 0.3) is 0 Å². The van der Waals surface area contributed by atoms with Crippen molar-refractivity contribution in [3.8, 4) is 11.5 Å². The van der Waals surface area contributed by atoms with E-state index in [2.05, 4.69) is 14.8 Å². The third-order valence-electron chi connectivity index (χ3n) is 4.31. The number of rotatable bonds is 9. The Hall–Kier alpha value is -4.22. The van der Waals surface area contributed by atoms with Gasteiger partial charge in [-0.3, -0.25) is 0 Å². The number of hydrogen-bond acceptors (Lipinski definition) is 5. The van der Waals surface area contributed by atoms with Gasteiger partial charge in [-0.2, -0.15) is 0 Å². The molecule has 3 rings (SSSR count). The summed E-state index contributed by atoms with van der Waals surface area (Å²) < 4.78 is 16.6. The van der Waals surface area contributed by atoms with Crippen LogP contribution in [0, 0.1) is 0 Å². The van der Waals surface area contributed by atoms with Crippen LogP contribution in [-0.2, 0) is 22.7 Å². The Bertz CT molecular complexity index is 1090. The molecule has 156 valence electrons. The second-order valence-electron chi connectivity index (χ2n) is 6.46. The number of azide groups is 1. The highest BCUT2D eigenvalue weighted by Crippen LogP contribution is 2.29. The predicted octanol–water partition coefficient (Wildman–Crippen LogP) is 5.67. The van der Waals surface area contributed by atoms with Crippen LogP contribution in [0.15, 0.2) is 89.7 Å². The van der Waals surface area contributed by atoms with E-state index in [1.165, 1.54) is 13.2 Å². The number of nitrogens with zero attached hydrogens (tertiary/aromatic N) is 3. The largest absolute Gasteiger partial charge is 0.489 e. The maximum absolute atomic E-state index is 11.9. The zero-order valence-corrected chi connectivity index (χ0v) is 17.0. The molecule has 0 saturated heterocycles. The third-order valence-corrected chi connectivity index (χ3v) is 4.31. The Balaban J connectivity index is 1.88. The van der Waals surface area contributed by atoms with Gasteiger partial charge in [-0.15, -0.1) is 0 Å². The van der Waals surface area contributed by atoms with Crippen LogP contribution in [0.2, 0.25) is 0 Å². The minimum absolute atomic E-state index is 0.174. The molecule has 0 heterocycles. The van der Waals surface area contributed by atoms with Gasteiger partial charge >= 0.3 is 5.97 Å². The fourth-order valence-electron chi connectivity index (χ4n) is 2.75. The van der Waals surface area contributed by atoms with E-state index in [4.69, 9.17) is 15.0 Å². The van der Waals surface area contributed by atoms with E-state index in [-0.39, 0.29) is 5.70 Å². The molecular formula is C24H21N3O4. The molecule has 3 aromatic carbocycles. The summed E-state index contributed by atoms with van der Waals surface area (Å²) in [4.78, 5) is 14.6. The lowest BCUT2D eigenvalue weighted by Crippen LogP contribution is -2.03. The second kappa shape index (κ2) is 11.1. The Kier molecular flexibility index (Phi) is 7.69. The first-order valence-corrected chi connectivity index (χ1v) is 9.52. The summed E-state index contributed by atoms with van der Waals surface area (Å²) in [5.74, 6) is 0.340. The Labute approximate surface area is 180 Å². The molecule has 0 spiro atoms. The topological polar surface area (TPSA) is 93.5 Å². The van der Waals surface area contributed by atoms with E-state index in [0.717, 1.165) is 11.1 Å². The number of methoxy groups -OCH3 is 1. The van der Waals surface area contributed by atoms with E-state index < -0.39 is 5.97 Å². The fourth-order valence-corrected chi connectivity index (χ4v) is 2.75. The predicted molar refractivity (Wildman–Crippen MR) is 117 cm³/mol. The molecule has 0 atom stereocenters. The highest BCUT2D eigenvalue weighted by Gasteiger charge is 2.12. The van der Waals surface area contributed by atoms with Crippen molar-refractivity contribution in [2.75, 3.05) is 7.11 Å². The number of esters is 1. The molecule has 0 amide bonds. The number of benzene rings is 3. The van der Waals surface area contributed by atoms with Crippen LogP contribution in [0.5, 0.6) is 11.5 Å². The summed E-state index contributed by atoms with van der Waals surface area (Å²) in [6.45, 7) is 0.721. The molecule has 3 aromatic rings. The van der Waals surface area contributed by atoms with Gasteiger partial charge in [0.2, 0.25) is 0 Å². The van der Waals surface area contributed by atoms with Gasteiger partial charge in [0.1, 0.15) is 30.4 Å². The first kappa shape index (κ1) is 21.5. The summed E-state index contributed by atoms with van der Waals surface area (Å²) in [5, 5.41) is 3.43. The molecule has 0 bridgehead atoms. The maximum Gasteiger partial charge on any atom is 0.340 e. The molecular weight excluding hydrogens is 394 g/mol. The quantitative estimate of drug-likeness (QED) is 0.148. The third kappa shape index (κ3) is 6.39. The molecule has 31 heavy (non-hydrogen) atoms. The van der Waals surface area contributed by atoms with Crippen molar-refractivity contribution < 1.29 is 19.0 Å². The Morgan fingerprint density at radius 1 is 0.935 bits per heavy atom. The first-order chi connectivity index (χ1) is 15.2. The van der Waals surface area contributed by atoms with E-state index in [1.807, 2.05) is 60.7 Å². The molecule has 0 aliphatic heterocycles. The standard InChI is InChI=1S/C24H21N3O4/c1-29-24(28)22(26-27-25)14-20-12-13-21(30-16-18-8-4-2-5-9-18)15-23(20)31-17-19-10-6-3-7-11-19/h2-15H,16-17H2,1H3/b22-14-. The summed E-state index contributed by atoms with van der Waals surface area (Å²) in [7, 11) is 1.22. The fraction of sp³-hybridized carbons (Fsp3) is 0.125. The van der Waals surface area contributed by atoms with Crippen molar-refractivity contribution in [3.05, 3.63) is 112 Å². The van der Waals surface area contributed by atoms with Gasteiger partial charge in [-0.05, 0) is 34.9 Å². The maximum atomic E-state index is 11.9. The SMILES string of the molecule is COC(=O)/C(=C/c1ccc(OCc2ccccc2)cc1OCc1ccccc1)N=[N+]=[N-]. The van der Waals surface area contributed by atoms with Gasteiger partial charge in [0, 0.05) is 16.5 Å². The lowest BCUT2D eigenvalue weighted by atomic mass is 10.1. The van der Waals surface area contributed by atoms with Crippen LogP contribution in [0.25, 0.3) is 16.5 Å². The summed E-state index contributed by atoms with van der Waals surface area (Å²) >= 11 is 0.